The highest BCUT2D eigenvalue weighted by Crippen LogP contribution is 2.14. The topological polar surface area (TPSA) is 106 Å². The van der Waals surface area contributed by atoms with Crippen LogP contribution in [0.5, 0.6) is 0 Å². The van der Waals surface area contributed by atoms with Crippen molar-refractivity contribution >= 4 is 21.7 Å². The van der Waals surface area contributed by atoms with E-state index in [1.807, 2.05) is 0 Å². The highest BCUT2D eigenvalue weighted by Gasteiger charge is 2.11. The molecule has 0 atom stereocenters. The van der Waals surface area contributed by atoms with Gasteiger partial charge in [0.25, 0.3) is 10.2 Å². The number of ether oxygens (including phenoxy) is 1. The van der Waals surface area contributed by atoms with Crippen molar-refractivity contribution < 1.29 is 13.2 Å². The number of pyridine rings is 1. The second-order valence-corrected chi connectivity index (χ2v) is 4.93. The first kappa shape index (κ1) is 13.7. The van der Waals surface area contributed by atoms with Crippen LogP contribution in [-0.2, 0) is 14.9 Å². The van der Waals surface area contributed by atoms with E-state index < -0.39 is 10.2 Å². The molecule has 1 aromatic rings. The van der Waals surface area contributed by atoms with Crippen LogP contribution in [-0.4, -0.2) is 33.7 Å². The van der Waals surface area contributed by atoms with Crippen LogP contribution < -0.4 is 15.2 Å². The van der Waals surface area contributed by atoms with Crippen LogP contribution in [0.1, 0.15) is 5.56 Å². The number of nitrogen functional groups attached to an aromatic ring is 1. The molecule has 4 N–H and O–H groups in total. The van der Waals surface area contributed by atoms with Crippen molar-refractivity contribution in [3.05, 3.63) is 17.8 Å². The fourth-order valence-electron chi connectivity index (χ4n) is 1.14. The van der Waals surface area contributed by atoms with Crippen molar-refractivity contribution in [1.82, 2.24) is 9.71 Å². The van der Waals surface area contributed by atoms with E-state index in [-0.39, 0.29) is 12.4 Å². The molecule has 1 rings (SSSR count). The largest absolute Gasteiger partial charge is 0.397 e. The molecule has 17 heavy (non-hydrogen) atoms. The molecule has 0 aliphatic carbocycles. The number of nitrogens with two attached hydrogens (primary N) is 1. The normalized spacial score (nSPS) is 11.4. The Morgan fingerprint density at radius 3 is 2.82 bits per heavy atom. The van der Waals surface area contributed by atoms with Crippen LogP contribution in [0, 0.1) is 6.92 Å². The van der Waals surface area contributed by atoms with E-state index in [9.17, 15) is 8.42 Å². The van der Waals surface area contributed by atoms with Crippen molar-refractivity contribution in [2.45, 2.75) is 6.92 Å². The third-order valence-corrected chi connectivity index (χ3v) is 2.97. The smallest absolute Gasteiger partial charge is 0.300 e. The van der Waals surface area contributed by atoms with Crippen LogP contribution in [0.3, 0.4) is 0 Å². The van der Waals surface area contributed by atoms with E-state index in [0.29, 0.717) is 17.9 Å². The third-order valence-electron chi connectivity index (χ3n) is 1.93. The molecule has 1 heterocycles. The van der Waals surface area contributed by atoms with Crippen molar-refractivity contribution in [2.24, 2.45) is 0 Å². The first-order chi connectivity index (χ1) is 7.94. The lowest BCUT2D eigenvalue weighted by atomic mass is 10.3. The standard InChI is InChI=1S/C9H16N4O3S/c1-7-5-8(10)6-11-9(7)13-17(14,15)12-3-4-16-2/h5-6,12H,3-4,10H2,1-2H3,(H,11,13). The summed E-state index contributed by atoms with van der Waals surface area (Å²) in [6, 6.07) is 1.64. The van der Waals surface area contributed by atoms with Gasteiger partial charge < -0.3 is 10.5 Å². The number of nitrogens with zero attached hydrogens (tertiary/aromatic N) is 1. The number of hydrogen-bond acceptors (Lipinski definition) is 5. The van der Waals surface area contributed by atoms with Gasteiger partial charge in [-0.3, -0.25) is 4.72 Å². The third kappa shape index (κ3) is 4.55. The summed E-state index contributed by atoms with van der Waals surface area (Å²) in [7, 11) is -2.13. The van der Waals surface area contributed by atoms with Crippen molar-refractivity contribution in [1.29, 1.82) is 0 Å². The fraction of sp³-hybridized carbons (Fsp3) is 0.444. The summed E-state index contributed by atoms with van der Waals surface area (Å²) < 4.78 is 32.5. The van der Waals surface area contributed by atoms with Gasteiger partial charge in [0, 0.05) is 13.7 Å². The van der Waals surface area contributed by atoms with E-state index in [1.165, 1.54) is 13.3 Å². The average Bonchev–Trinajstić information content (AvgIpc) is 2.22. The van der Waals surface area contributed by atoms with Gasteiger partial charge in [0.05, 0.1) is 18.5 Å². The fourth-order valence-corrected chi connectivity index (χ4v) is 2.04. The second-order valence-electron chi connectivity index (χ2n) is 3.43. The minimum Gasteiger partial charge on any atom is -0.397 e. The summed E-state index contributed by atoms with van der Waals surface area (Å²) in [4.78, 5) is 3.90. The minimum atomic E-state index is -3.63. The molecule has 0 fully saturated rings. The SMILES string of the molecule is COCCNS(=O)(=O)Nc1ncc(N)cc1C. The Morgan fingerprint density at radius 2 is 2.24 bits per heavy atom. The highest BCUT2D eigenvalue weighted by atomic mass is 32.2. The van der Waals surface area contributed by atoms with Gasteiger partial charge in [0.15, 0.2) is 0 Å². The van der Waals surface area contributed by atoms with Gasteiger partial charge in [-0.25, -0.2) is 4.98 Å². The number of aryl methyl sites for hydroxylation is 1. The van der Waals surface area contributed by atoms with Gasteiger partial charge in [-0.2, -0.15) is 13.1 Å². The molecule has 8 heteroatoms. The quantitative estimate of drug-likeness (QED) is 0.617. The van der Waals surface area contributed by atoms with Crippen LogP contribution in [0.25, 0.3) is 0 Å². The maximum atomic E-state index is 11.6. The zero-order chi connectivity index (χ0) is 12.9. The Bertz CT molecular complexity index is 475. The molecule has 0 aromatic carbocycles. The molecule has 0 radical (unpaired) electrons. The second kappa shape index (κ2) is 5.80. The number of anilines is 2. The lowest BCUT2D eigenvalue weighted by molar-refractivity contribution is 0.204. The van der Waals surface area contributed by atoms with E-state index in [2.05, 4.69) is 14.4 Å². The zero-order valence-corrected chi connectivity index (χ0v) is 10.5. The number of hydrogen-bond donors (Lipinski definition) is 3. The summed E-state index contributed by atoms with van der Waals surface area (Å²) in [6.07, 6.45) is 1.39. The Labute approximate surface area is 101 Å². The number of aromatic nitrogens is 1. The molecule has 0 saturated heterocycles. The Hall–Kier alpha value is -1.38. The van der Waals surface area contributed by atoms with Crippen LogP contribution in [0.4, 0.5) is 11.5 Å². The maximum Gasteiger partial charge on any atom is 0.300 e. The van der Waals surface area contributed by atoms with E-state index in [0.717, 1.165) is 0 Å². The lowest BCUT2D eigenvalue weighted by Crippen LogP contribution is -2.33. The van der Waals surface area contributed by atoms with Crippen LogP contribution >= 0.6 is 0 Å². The molecule has 0 spiro atoms. The molecule has 0 aliphatic rings. The van der Waals surface area contributed by atoms with E-state index in [1.54, 1.807) is 13.0 Å². The Morgan fingerprint density at radius 1 is 1.53 bits per heavy atom. The van der Waals surface area contributed by atoms with E-state index in [4.69, 9.17) is 10.5 Å². The van der Waals surface area contributed by atoms with Crippen molar-refractivity contribution in [3.8, 4) is 0 Å². The Balaban J connectivity index is 2.69. The van der Waals surface area contributed by atoms with Gasteiger partial charge in [0.1, 0.15) is 5.82 Å². The molecule has 0 amide bonds. The summed E-state index contributed by atoms with van der Waals surface area (Å²) in [5.74, 6) is 0.254. The first-order valence-corrected chi connectivity index (χ1v) is 6.41. The minimum absolute atomic E-state index is 0.194. The average molecular weight is 260 g/mol. The summed E-state index contributed by atoms with van der Waals surface area (Å²) in [5.41, 5.74) is 6.66. The van der Waals surface area contributed by atoms with Crippen LogP contribution in [0.15, 0.2) is 12.3 Å². The number of methoxy groups -OCH3 is 1. The molecule has 1 aromatic heterocycles. The van der Waals surface area contributed by atoms with Crippen molar-refractivity contribution in [2.75, 3.05) is 30.7 Å². The molecular weight excluding hydrogens is 244 g/mol. The molecule has 96 valence electrons. The lowest BCUT2D eigenvalue weighted by Gasteiger charge is -2.10. The predicted octanol–water partition coefficient (Wildman–Crippen LogP) is -0.135. The molecule has 0 aliphatic heterocycles. The van der Waals surface area contributed by atoms with Gasteiger partial charge in [-0.1, -0.05) is 0 Å². The highest BCUT2D eigenvalue weighted by molar-refractivity contribution is 7.90. The Kier molecular flexibility index (Phi) is 4.67. The zero-order valence-electron chi connectivity index (χ0n) is 9.73. The first-order valence-electron chi connectivity index (χ1n) is 4.93. The molecule has 0 unspecified atom stereocenters. The summed E-state index contributed by atoms with van der Waals surface area (Å²) >= 11 is 0. The maximum absolute atomic E-state index is 11.6. The molecule has 7 nitrogen and oxygen atoms in total. The number of rotatable bonds is 6. The molecule has 0 bridgehead atoms. The summed E-state index contributed by atoms with van der Waals surface area (Å²) in [6.45, 7) is 2.21. The van der Waals surface area contributed by atoms with Crippen molar-refractivity contribution in [3.63, 3.8) is 0 Å². The van der Waals surface area contributed by atoms with Gasteiger partial charge in [-0.05, 0) is 18.6 Å². The van der Waals surface area contributed by atoms with Gasteiger partial charge in [0.2, 0.25) is 0 Å². The monoisotopic (exact) mass is 260 g/mol. The molecular formula is C9H16N4O3S. The van der Waals surface area contributed by atoms with Crippen LogP contribution in [0.2, 0.25) is 0 Å². The van der Waals surface area contributed by atoms with E-state index >= 15 is 0 Å². The van der Waals surface area contributed by atoms with Gasteiger partial charge >= 0.3 is 0 Å². The molecule has 0 saturated carbocycles. The predicted molar refractivity (Wildman–Crippen MR) is 65.8 cm³/mol. The van der Waals surface area contributed by atoms with Gasteiger partial charge in [-0.15, -0.1) is 0 Å². The summed E-state index contributed by atoms with van der Waals surface area (Å²) in [5, 5.41) is 0. The number of nitrogens with one attached hydrogen (secondary N) is 2.